The van der Waals surface area contributed by atoms with Crippen LogP contribution in [0.1, 0.15) is 49.8 Å². The van der Waals surface area contributed by atoms with Gasteiger partial charge in [0.2, 0.25) is 0 Å². The molecule has 0 aliphatic heterocycles. The Bertz CT molecular complexity index is 592. The highest BCUT2D eigenvalue weighted by Crippen LogP contribution is 2.13. The van der Waals surface area contributed by atoms with Gasteiger partial charge in [0.1, 0.15) is 12.4 Å². The summed E-state index contributed by atoms with van der Waals surface area (Å²) >= 11 is 0. The fourth-order valence-electron chi connectivity index (χ4n) is 2.42. The van der Waals surface area contributed by atoms with Crippen LogP contribution in [0.5, 0.6) is 0 Å². The molecule has 124 valence electrons. The lowest BCUT2D eigenvalue weighted by atomic mass is 10.0. The molecule has 1 heterocycles. The Morgan fingerprint density at radius 3 is 2.78 bits per heavy atom. The smallest absolute Gasteiger partial charge is 0.164 e. The van der Waals surface area contributed by atoms with Crippen molar-refractivity contribution in [1.29, 1.82) is 0 Å². The number of hydrogen-bond donors (Lipinski definition) is 3. The predicted octanol–water partition coefficient (Wildman–Crippen LogP) is 3.05. The minimum absolute atomic E-state index is 0.108. The maximum absolute atomic E-state index is 8.99. The molecule has 0 atom stereocenters. The van der Waals surface area contributed by atoms with Crippen LogP contribution in [0.3, 0.4) is 0 Å². The van der Waals surface area contributed by atoms with Crippen molar-refractivity contribution >= 4 is 6.08 Å². The van der Waals surface area contributed by atoms with Crippen molar-refractivity contribution in [2.45, 2.75) is 45.8 Å². The lowest BCUT2D eigenvalue weighted by molar-refractivity contribution is 0.271. The molecule has 0 radical (unpaired) electrons. The molecule has 0 unspecified atom stereocenters. The van der Waals surface area contributed by atoms with Crippen molar-refractivity contribution in [3.8, 4) is 0 Å². The van der Waals surface area contributed by atoms with Crippen LogP contribution in [0.2, 0.25) is 0 Å². The van der Waals surface area contributed by atoms with E-state index < -0.39 is 0 Å². The normalized spacial score (nSPS) is 11.8. The average molecular weight is 314 g/mol. The van der Waals surface area contributed by atoms with Crippen LogP contribution >= 0.6 is 0 Å². The van der Waals surface area contributed by atoms with E-state index in [0.717, 1.165) is 13.0 Å². The summed E-state index contributed by atoms with van der Waals surface area (Å²) in [5.74, 6) is 1.19. The summed E-state index contributed by atoms with van der Waals surface area (Å²) < 4.78 is 0. The van der Waals surface area contributed by atoms with Crippen LogP contribution in [-0.4, -0.2) is 26.8 Å². The molecule has 5 nitrogen and oxygen atoms in total. The number of aliphatic hydroxyl groups is 1. The van der Waals surface area contributed by atoms with Crippen LogP contribution < -0.4 is 5.32 Å². The van der Waals surface area contributed by atoms with Gasteiger partial charge in [-0.3, -0.25) is 5.10 Å². The zero-order valence-corrected chi connectivity index (χ0v) is 13.8. The summed E-state index contributed by atoms with van der Waals surface area (Å²) in [6.07, 6.45) is 7.07. The summed E-state index contributed by atoms with van der Waals surface area (Å²) in [6.45, 7) is 3.53. The Labute approximate surface area is 137 Å². The molecule has 3 N–H and O–H groups in total. The largest absolute Gasteiger partial charge is 0.388 e. The number of aliphatic hydroxyl groups excluding tert-OH is 1. The zero-order valence-electron chi connectivity index (χ0n) is 13.8. The second kappa shape index (κ2) is 9.92. The number of rotatable bonds is 10. The Morgan fingerprint density at radius 1 is 1.26 bits per heavy atom. The SMILES string of the molecule is CCCCCC(=Cc1ccccc1)CNCc1n[nH]c(CO)n1. The van der Waals surface area contributed by atoms with Crippen molar-refractivity contribution in [3.05, 3.63) is 53.1 Å². The lowest BCUT2D eigenvalue weighted by Gasteiger charge is -2.09. The third-order valence-corrected chi connectivity index (χ3v) is 3.63. The topological polar surface area (TPSA) is 73.8 Å². The summed E-state index contributed by atoms with van der Waals surface area (Å²) in [5, 5.41) is 19.2. The van der Waals surface area contributed by atoms with Gasteiger partial charge in [-0.15, -0.1) is 0 Å². The second-order valence-electron chi connectivity index (χ2n) is 5.63. The van der Waals surface area contributed by atoms with Crippen LogP contribution in [0, 0.1) is 0 Å². The van der Waals surface area contributed by atoms with E-state index in [-0.39, 0.29) is 6.61 Å². The number of nitrogens with one attached hydrogen (secondary N) is 2. The molecule has 1 aromatic carbocycles. The standard InChI is InChI=1S/C18H26N4O/c1-2-3-5-10-16(11-15-8-6-4-7-9-15)12-19-13-17-20-18(14-23)22-21-17/h4,6-9,11,19,23H,2-3,5,10,12-14H2,1H3,(H,20,21,22). The number of unbranched alkanes of at least 4 members (excludes halogenated alkanes) is 2. The number of hydrogen-bond acceptors (Lipinski definition) is 4. The minimum atomic E-state index is -0.108. The zero-order chi connectivity index (χ0) is 16.3. The quantitative estimate of drug-likeness (QED) is 0.589. The van der Waals surface area contributed by atoms with Gasteiger partial charge in [0.25, 0.3) is 0 Å². The summed E-state index contributed by atoms with van der Waals surface area (Å²) in [7, 11) is 0. The number of aromatic amines is 1. The maximum atomic E-state index is 8.99. The molecule has 23 heavy (non-hydrogen) atoms. The van der Waals surface area contributed by atoms with E-state index in [4.69, 9.17) is 5.11 Å². The molecule has 2 rings (SSSR count). The fourth-order valence-corrected chi connectivity index (χ4v) is 2.42. The van der Waals surface area contributed by atoms with Gasteiger partial charge in [-0.2, -0.15) is 5.10 Å². The Morgan fingerprint density at radius 2 is 2.09 bits per heavy atom. The molecular weight excluding hydrogens is 288 g/mol. The predicted molar refractivity (Wildman–Crippen MR) is 92.6 cm³/mol. The van der Waals surface area contributed by atoms with Gasteiger partial charge in [0, 0.05) is 6.54 Å². The van der Waals surface area contributed by atoms with E-state index in [9.17, 15) is 0 Å². The highest BCUT2D eigenvalue weighted by atomic mass is 16.3. The van der Waals surface area contributed by atoms with Crippen LogP contribution in [-0.2, 0) is 13.2 Å². The second-order valence-corrected chi connectivity index (χ2v) is 5.63. The van der Waals surface area contributed by atoms with Gasteiger partial charge in [-0.05, 0) is 18.4 Å². The van der Waals surface area contributed by atoms with Gasteiger partial charge in [0.15, 0.2) is 5.82 Å². The molecule has 0 aliphatic carbocycles. The monoisotopic (exact) mass is 314 g/mol. The van der Waals surface area contributed by atoms with Crippen molar-refractivity contribution in [2.24, 2.45) is 0 Å². The summed E-state index contributed by atoms with van der Waals surface area (Å²) in [4.78, 5) is 4.19. The van der Waals surface area contributed by atoms with Crippen molar-refractivity contribution in [1.82, 2.24) is 20.5 Å². The lowest BCUT2D eigenvalue weighted by Crippen LogP contribution is -2.17. The summed E-state index contributed by atoms with van der Waals surface area (Å²) in [5.41, 5.74) is 2.63. The molecule has 1 aromatic heterocycles. The van der Waals surface area contributed by atoms with Crippen molar-refractivity contribution in [2.75, 3.05) is 6.54 Å². The number of aromatic nitrogens is 3. The van der Waals surface area contributed by atoms with E-state index in [1.807, 2.05) is 6.07 Å². The third-order valence-electron chi connectivity index (χ3n) is 3.63. The first-order valence-electron chi connectivity index (χ1n) is 8.28. The van der Waals surface area contributed by atoms with Crippen LogP contribution in [0.4, 0.5) is 0 Å². The molecule has 0 fully saturated rings. The molecule has 5 heteroatoms. The van der Waals surface area contributed by atoms with E-state index >= 15 is 0 Å². The molecule has 0 bridgehead atoms. The Kier molecular flexibility index (Phi) is 7.49. The average Bonchev–Trinajstić information content (AvgIpc) is 3.04. The third kappa shape index (κ3) is 6.34. The minimum Gasteiger partial charge on any atom is -0.388 e. The highest BCUT2D eigenvalue weighted by molar-refractivity contribution is 5.52. The Balaban J connectivity index is 1.90. The number of nitrogens with zero attached hydrogens (tertiary/aromatic N) is 2. The summed E-state index contributed by atoms with van der Waals surface area (Å²) in [6, 6.07) is 10.4. The molecular formula is C18H26N4O. The molecule has 2 aromatic rings. The molecule has 0 saturated heterocycles. The van der Waals surface area contributed by atoms with Gasteiger partial charge >= 0.3 is 0 Å². The first-order chi connectivity index (χ1) is 11.3. The molecule has 0 amide bonds. The van der Waals surface area contributed by atoms with Gasteiger partial charge in [-0.25, -0.2) is 4.98 Å². The maximum Gasteiger partial charge on any atom is 0.164 e. The molecule has 0 saturated carbocycles. The first kappa shape index (κ1) is 17.4. The van der Waals surface area contributed by atoms with Crippen molar-refractivity contribution in [3.63, 3.8) is 0 Å². The van der Waals surface area contributed by atoms with Crippen molar-refractivity contribution < 1.29 is 5.11 Å². The van der Waals surface area contributed by atoms with E-state index in [1.165, 1.54) is 30.4 Å². The van der Waals surface area contributed by atoms with E-state index in [1.54, 1.807) is 0 Å². The first-order valence-corrected chi connectivity index (χ1v) is 8.28. The number of benzene rings is 1. The molecule has 0 aliphatic rings. The fraction of sp³-hybridized carbons (Fsp3) is 0.444. The van der Waals surface area contributed by atoms with Gasteiger partial charge in [0.05, 0.1) is 6.54 Å². The van der Waals surface area contributed by atoms with Crippen LogP contribution in [0.15, 0.2) is 35.9 Å². The van der Waals surface area contributed by atoms with Crippen LogP contribution in [0.25, 0.3) is 6.08 Å². The van der Waals surface area contributed by atoms with E-state index in [0.29, 0.717) is 18.2 Å². The van der Waals surface area contributed by atoms with Gasteiger partial charge < -0.3 is 10.4 Å². The highest BCUT2D eigenvalue weighted by Gasteiger charge is 2.03. The molecule has 0 spiro atoms. The number of H-pyrrole nitrogens is 1. The Hall–Kier alpha value is -1.98. The van der Waals surface area contributed by atoms with Gasteiger partial charge in [-0.1, -0.05) is 61.7 Å². The van der Waals surface area contributed by atoms with E-state index in [2.05, 4.69) is 57.8 Å².